The Kier molecular flexibility index (Phi) is 2.82. The van der Waals surface area contributed by atoms with Crippen molar-refractivity contribution in [2.24, 2.45) is 0 Å². The number of hydrogen-bond acceptors (Lipinski definition) is 3. The Labute approximate surface area is 123 Å². The molecule has 5 nitrogen and oxygen atoms in total. The number of hydrogen-bond donors (Lipinski definition) is 1. The quantitative estimate of drug-likeness (QED) is 0.801. The summed E-state index contributed by atoms with van der Waals surface area (Å²) in [7, 11) is 2.19. The molecule has 0 bridgehead atoms. The molecule has 3 aromatic rings. The van der Waals surface area contributed by atoms with Crippen LogP contribution in [0.2, 0.25) is 0 Å². The van der Waals surface area contributed by atoms with Gasteiger partial charge in [0, 0.05) is 35.6 Å². The summed E-state index contributed by atoms with van der Waals surface area (Å²) in [6.45, 7) is 4.20. The van der Waals surface area contributed by atoms with E-state index in [1.165, 1.54) is 22.0 Å². The van der Waals surface area contributed by atoms with Crippen molar-refractivity contribution in [1.82, 2.24) is 24.6 Å². The zero-order valence-corrected chi connectivity index (χ0v) is 12.3. The monoisotopic (exact) mass is 281 g/mol. The first-order valence-electron chi connectivity index (χ1n) is 7.35. The molecule has 1 aliphatic rings. The largest absolute Gasteiger partial charge is 0.361 e. The van der Waals surface area contributed by atoms with E-state index in [2.05, 4.69) is 58.3 Å². The second kappa shape index (κ2) is 4.70. The third-order valence-electron chi connectivity index (χ3n) is 4.75. The lowest BCUT2D eigenvalue weighted by molar-refractivity contribution is 0.107. The molecule has 1 N–H and O–H groups in total. The highest BCUT2D eigenvalue weighted by atomic mass is 15.3. The minimum absolute atomic E-state index is 0.614. The van der Waals surface area contributed by atoms with Gasteiger partial charge in [-0.15, -0.1) is 0 Å². The van der Waals surface area contributed by atoms with Gasteiger partial charge >= 0.3 is 0 Å². The number of nitrogens with zero attached hydrogens (tertiary/aromatic N) is 4. The molecule has 1 aliphatic heterocycles. The number of nitrogens with one attached hydrogen (secondary N) is 1. The predicted octanol–water partition coefficient (Wildman–Crippen LogP) is 2.23. The molecule has 0 amide bonds. The van der Waals surface area contributed by atoms with Gasteiger partial charge in [-0.2, -0.15) is 5.10 Å². The van der Waals surface area contributed by atoms with Gasteiger partial charge in [0.15, 0.2) is 0 Å². The topological polar surface area (TPSA) is 49.7 Å². The van der Waals surface area contributed by atoms with Crippen LogP contribution in [0.25, 0.3) is 10.9 Å². The van der Waals surface area contributed by atoms with Gasteiger partial charge in [-0.05, 0) is 37.2 Å². The zero-order valence-electron chi connectivity index (χ0n) is 12.3. The first-order chi connectivity index (χ1) is 10.2. The van der Waals surface area contributed by atoms with Gasteiger partial charge in [-0.3, -0.25) is 0 Å². The standard InChI is InChI=1S/C16H19N5/c1-11-15(8-20(11)2)14-6-18-16-4-3-12(5-13(14)16)7-21-10-17-9-19-21/h3-6,9-11,15,18H,7-8H2,1-2H3. The van der Waals surface area contributed by atoms with Crippen LogP contribution in [0.1, 0.15) is 24.0 Å². The molecule has 5 heteroatoms. The molecule has 1 fully saturated rings. The lowest BCUT2D eigenvalue weighted by Crippen LogP contribution is -2.50. The van der Waals surface area contributed by atoms with E-state index in [4.69, 9.17) is 0 Å². The summed E-state index contributed by atoms with van der Waals surface area (Å²) >= 11 is 0. The van der Waals surface area contributed by atoms with Crippen molar-refractivity contribution >= 4 is 10.9 Å². The SMILES string of the molecule is CC1C(c2c[nH]c3ccc(Cn4cncn4)cc23)CN1C. The van der Waals surface area contributed by atoms with E-state index in [1.54, 1.807) is 12.7 Å². The van der Waals surface area contributed by atoms with Crippen LogP contribution < -0.4 is 0 Å². The molecular weight excluding hydrogens is 262 g/mol. The Hall–Kier alpha value is -2.14. The summed E-state index contributed by atoms with van der Waals surface area (Å²) in [5.74, 6) is 0.630. The molecule has 0 radical (unpaired) electrons. The third-order valence-corrected chi connectivity index (χ3v) is 4.75. The predicted molar refractivity (Wildman–Crippen MR) is 82.3 cm³/mol. The van der Waals surface area contributed by atoms with E-state index >= 15 is 0 Å². The van der Waals surface area contributed by atoms with Gasteiger partial charge in [0.1, 0.15) is 12.7 Å². The number of fused-ring (bicyclic) bond motifs is 1. The molecule has 1 aromatic carbocycles. The fourth-order valence-electron chi connectivity index (χ4n) is 3.25. The van der Waals surface area contributed by atoms with Crippen LogP contribution in [0.3, 0.4) is 0 Å². The number of aromatic amines is 1. The first kappa shape index (κ1) is 12.6. The van der Waals surface area contributed by atoms with Crippen LogP contribution in [0, 0.1) is 0 Å². The summed E-state index contributed by atoms with van der Waals surface area (Å²) in [5, 5.41) is 5.52. The fourth-order valence-corrected chi connectivity index (χ4v) is 3.25. The van der Waals surface area contributed by atoms with Crippen molar-refractivity contribution in [3.63, 3.8) is 0 Å². The van der Waals surface area contributed by atoms with Crippen molar-refractivity contribution in [2.75, 3.05) is 13.6 Å². The third kappa shape index (κ3) is 2.05. The molecule has 2 atom stereocenters. The van der Waals surface area contributed by atoms with Gasteiger partial charge < -0.3 is 9.88 Å². The molecule has 0 aliphatic carbocycles. The van der Waals surface area contributed by atoms with E-state index in [-0.39, 0.29) is 0 Å². The normalized spacial score (nSPS) is 22.6. The zero-order chi connectivity index (χ0) is 14.4. The molecule has 2 unspecified atom stereocenters. The Balaban J connectivity index is 1.69. The molecular formula is C16H19N5. The van der Waals surface area contributed by atoms with Crippen molar-refractivity contribution in [3.05, 3.63) is 48.2 Å². The minimum Gasteiger partial charge on any atom is -0.361 e. The van der Waals surface area contributed by atoms with Crippen LogP contribution in [-0.2, 0) is 6.54 Å². The van der Waals surface area contributed by atoms with Crippen LogP contribution in [0.5, 0.6) is 0 Å². The molecule has 21 heavy (non-hydrogen) atoms. The molecule has 1 saturated heterocycles. The van der Waals surface area contributed by atoms with E-state index in [0.717, 1.165) is 13.1 Å². The molecule has 3 heterocycles. The summed E-state index contributed by atoms with van der Waals surface area (Å²) in [4.78, 5) is 9.79. The van der Waals surface area contributed by atoms with Gasteiger partial charge in [0.05, 0.1) is 6.54 Å². The number of likely N-dealkylation sites (tertiary alicyclic amines) is 1. The Morgan fingerprint density at radius 2 is 2.29 bits per heavy atom. The smallest absolute Gasteiger partial charge is 0.137 e. The average molecular weight is 281 g/mol. The highest BCUT2D eigenvalue weighted by molar-refractivity contribution is 5.84. The highest BCUT2D eigenvalue weighted by Gasteiger charge is 2.34. The molecule has 0 spiro atoms. The van der Waals surface area contributed by atoms with Crippen LogP contribution >= 0.6 is 0 Å². The summed E-state index contributed by atoms with van der Waals surface area (Å²) in [6, 6.07) is 7.22. The van der Waals surface area contributed by atoms with Gasteiger partial charge in [0.25, 0.3) is 0 Å². The van der Waals surface area contributed by atoms with E-state index < -0.39 is 0 Å². The average Bonchev–Trinajstić information content (AvgIpc) is 3.14. The lowest BCUT2D eigenvalue weighted by atomic mass is 9.84. The maximum Gasteiger partial charge on any atom is 0.137 e. The summed E-state index contributed by atoms with van der Waals surface area (Å²) in [5.41, 5.74) is 3.92. The minimum atomic E-state index is 0.614. The number of rotatable bonds is 3. The van der Waals surface area contributed by atoms with Crippen LogP contribution in [0.4, 0.5) is 0 Å². The number of aromatic nitrogens is 4. The number of benzene rings is 1. The second-order valence-corrected chi connectivity index (χ2v) is 6.00. The Morgan fingerprint density at radius 1 is 1.38 bits per heavy atom. The molecule has 4 rings (SSSR count). The van der Waals surface area contributed by atoms with Gasteiger partial charge in [-0.1, -0.05) is 6.07 Å². The fraction of sp³-hybridized carbons (Fsp3) is 0.375. The van der Waals surface area contributed by atoms with E-state index in [1.807, 2.05) is 4.68 Å². The van der Waals surface area contributed by atoms with E-state index in [9.17, 15) is 0 Å². The van der Waals surface area contributed by atoms with Crippen molar-refractivity contribution in [1.29, 1.82) is 0 Å². The summed E-state index contributed by atoms with van der Waals surface area (Å²) in [6.07, 6.45) is 5.51. The number of H-pyrrole nitrogens is 1. The van der Waals surface area contributed by atoms with Crippen LogP contribution in [0.15, 0.2) is 37.1 Å². The van der Waals surface area contributed by atoms with Gasteiger partial charge in [0.2, 0.25) is 0 Å². The Morgan fingerprint density at radius 3 is 3.00 bits per heavy atom. The molecule has 0 saturated carbocycles. The number of likely N-dealkylation sites (N-methyl/N-ethyl adjacent to an activating group) is 1. The first-order valence-corrected chi connectivity index (χ1v) is 7.35. The summed E-state index contributed by atoms with van der Waals surface area (Å²) < 4.78 is 1.85. The van der Waals surface area contributed by atoms with Crippen molar-refractivity contribution < 1.29 is 0 Å². The molecule has 2 aromatic heterocycles. The van der Waals surface area contributed by atoms with Gasteiger partial charge in [-0.25, -0.2) is 9.67 Å². The lowest BCUT2D eigenvalue weighted by Gasteiger charge is -2.44. The second-order valence-electron chi connectivity index (χ2n) is 6.00. The molecule has 108 valence electrons. The highest BCUT2D eigenvalue weighted by Crippen LogP contribution is 2.36. The Bertz CT molecular complexity index is 758. The van der Waals surface area contributed by atoms with Crippen molar-refractivity contribution in [3.8, 4) is 0 Å². The maximum atomic E-state index is 4.18. The van der Waals surface area contributed by atoms with Crippen LogP contribution in [-0.4, -0.2) is 44.3 Å². The van der Waals surface area contributed by atoms with E-state index in [0.29, 0.717) is 12.0 Å². The van der Waals surface area contributed by atoms with Crippen molar-refractivity contribution in [2.45, 2.75) is 25.4 Å². The maximum absolute atomic E-state index is 4.18.